The lowest BCUT2D eigenvalue weighted by Crippen LogP contribution is -2.24. The van der Waals surface area contributed by atoms with Crippen LogP contribution >= 0.6 is 15.9 Å². The van der Waals surface area contributed by atoms with Gasteiger partial charge in [0.25, 0.3) is 5.91 Å². The van der Waals surface area contributed by atoms with Crippen LogP contribution in [0.1, 0.15) is 5.56 Å². The Morgan fingerprint density at radius 3 is 2.94 bits per heavy atom. The molecule has 0 aromatic heterocycles. The van der Waals surface area contributed by atoms with Gasteiger partial charge in [0.05, 0.1) is 0 Å². The molecular formula is C13H11BrN2O. The summed E-state index contributed by atoms with van der Waals surface area (Å²) < 4.78 is 0.898. The average molecular weight is 291 g/mol. The van der Waals surface area contributed by atoms with E-state index in [0.29, 0.717) is 6.54 Å². The van der Waals surface area contributed by atoms with Crippen molar-refractivity contribution in [3.8, 4) is 6.07 Å². The van der Waals surface area contributed by atoms with Crippen molar-refractivity contribution in [1.29, 1.82) is 5.26 Å². The highest BCUT2D eigenvalue weighted by Crippen LogP contribution is 2.14. The third-order valence-corrected chi connectivity index (χ3v) is 2.42. The summed E-state index contributed by atoms with van der Waals surface area (Å²) >= 11 is 3.33. The molecule has 0 saturated carbocycles. The molecule has 0 bridgehead atoms. The van der Waals surface area contributed by atoms with E-state index in [-0.39, 0.29) is 5.57 Å². The monoisotopic (exact) mass is 290 g/mol. The number of nitrogens with one attached hydrogen (secondary N) is 1. The van der Waals surface area contributed by atoms with Crippen LogP contribution in [0.3, 0.4) is 0 Å². The summed E-state index contributed by atoms with van der Waals surface area (Å²) in [7, 11) is 0. The highest BCUT2D eigenvalue weighted by molar-refractivity contribution is 9.10. The highest BCUT2D eigenvalue weighted by Gasteiger charge is 2.07. The number of hydrogen-bond acceptors (Lipinski definition) is 2. The summed E-state index contributed by atoms with van der Waals surface area (Å²) in [5.41, 5.74) is 0.870. The number of benzene rings is 1. The second-order valence-corrected chi connectivity index (χ2v) is 4.14. The van der Waals surface area contributed by atoms with Gasteiger partial charge in [0.15, 0.2) is 0 Å². The van der Waals surface area contributed by atoms with Crippen molar-refractivity contribution in [2.75, 3.05) is 6.54 Å². The zero-order valence-electron chi connectivity index (χ0n) is 9.11. The molecule has 4 heteroatoms. The molecule has 0 radical (unpaired) electrons. The van der Waals surface area contributed by atoms with Gasteiger partial charge in [0.2, 0.25) is 0 Å². The standard InChI is InChI=1S/C13H11BrN2O/c1-2-6-16-13(17)11(9-15)7-10-4-3-5-12(14)8-10/h2-5,7-8H,1,6H2,(H,16,17)/b11-7-. The van der Waals surface area contributed by atoms with Gasteiger partial charge in [-0.3, -0.25) is 4.79 Å². The second kappa shape index (κ2) is 6.66. The topological polar surface area (TPSA) is 52.9 Å². The Hall–Kier alpha value is -1.86. The van der Waals surface area contributed by atoms with Crippen LogP contribution in [0.5, 0.6) is 0 Å². The fourth-order valence-electron chi connectivity index (χ4n) is 1.17. The first-order valence-corrected chi connectivity index (χ1v) is 5.73. The first kappa shape index (κ1) is 13.2. The van der Waals surface area contributed by atoms with Crippen LogP contribution in [0.4, 0.5) is 0 Å². The van der Waals surface area contributed by atoms with Gasteiger partial charge in [0.1, 0.15) is 11.6 Å². The van der Waals surface area contributed by atoms with Crippen LogP contribution < -0.4 is 5.32 Å². The van der Waals surface area contributed by atoms with Crippen molar-refractivity contribution in [1.82, 2.24) is 5.32 Å². The minimum atomic E-state index is -0.396. The van der Waals surface area contributed by atoms with Crippen LogP contribution in [-0.4, -0.2) is 12.5 Å². The Kier molecular flexibility index (Phi) is 5.18. The van der Waals surface area contributed by atoms with Gasteiger partial charge >= 0.3 is 0 Å². The molecule has 0 atom stereocenters. The van der Waals surface area contributed by atoms with Crippen LogP contribution in [0.25, 0.3) is 6.08 Å². The van der Waals surface area contributed by atoms with E-state index in [4.69, 9.17) is 5.26 Å². The minimum Gasteiger partial charge on any atom is -0.348 e. The molecule has 1 aromatic carbocycles. The van der Waals surface area contributed by atoms with Gasteiger partial charge in [-0.25, -0.2) is 0 Å². The molecule has 0 unspecified atom stereocenters. The molecule has 1 rings (SSSR count). The van der Waals surface area contributed by atoms with Gasteiger partial charge in [-0.2, -0.15) is 5.26 Å². The van der Waals surface area contributed by atoms with Crippen LogP contribution in [0.2, 0.25) is 0 Å². The predicted molar refractivity (Wildman–Crippen MR) is 70.9 cm³/mol. The predicted octanol–water partition coefficient (Wildman–Crippen LogP) is 2.66. The van der Waals surface area contributed by atoms with Gasteiger partial charge in [-0.15, -0.1) is 6.58 Å². The maximum atomic E-state index is 11.6. The molecule has 0 saturated heterocycles. The van der Waals surface area contributed by atoms with Crippen molar-refractivity contribution >= 4 is 27.9 Å². The van der Waals surface area contributed by atoms with Crippen LogP contribution in [0.15, 0.2) is 47.0 Å². The molecule has 0 fully saturated rings. The Morgan fingerprint density at radius 1 is 1.59 bits per heavy atom. The number of halogens is 1. The van der Waals surface area contributed by atoms with Gasteiger partial charge < -0.3 is 5.32 Å². The Balaban J connectivity index is 2.91. The molecule has 0 aliphatic heterocycles. The van der Waals surface area contributed by atoms with E-state index in [1.165, 1.54) is 0 Å². The fourth-order valence-corrected chi connectivity index (χ4v) is 1.59. The van der Waals surface area contributed by atoms with Crippen LogP contribution in [-0.2, 0) is 4.79 Å². The van der Waals surface area contributed by atoms with Crippen molar-refractivity contribution in [3.63, 3.8) is 0 Å². The average Bonchev–Trinajstić information content (AvgIpc) is 2.33. The quantitative estimate of drug-likeness (QED) is 0.527. The van der Waals surface area contributed by atoms with Gasteiger partial charge in [-0.1, -0.05) is 34.1 Å². The van der Waals surface area contributed by atoms with E-state index in [9.17, 15) is 4.79 Å². The van der Waals surface area contributed by atoms with E-state index in [2.05, 4.69) is 27.8 Å². The number of hydrogen-bond donors (Lipinski definition) is 1. The van der Waals surface area contributed by atoms with E-state index < -0.39 is 5.91 Å². The van der Waals surface area contributed by atoms with Crippen molar-refractivity contribution in [2.45, 2.75) is 0 Å². The summed E-state index contributed by atoms with van der Waals surface area (Å²) in [5.74, 6) is -0.396. The lowest BCUT2D eigenvalue weighted by Gasteiger charge is -2.00. The number of carbonyl (C=O) groups excluding carboxylic acids is 1. The molecule has 0 aliphatic rings. The third kappa shape index (κ3) is 4.25. The lowest BCUT2D eigenvalue weighted by molar-refractivity contribution is -0.116. The molecule has 1 aromatic rings. The van der Waals surface area contributed by atoms with Gasteiger partial charge in [-0.05, 0) is 23.8 Å². The minimum absolute atomic E-state index is 0.0740. The van der Waals surface area contributed by atoms with Crippen molar-refractivity contribution in [3.05, 3.63) is 52.5 Å². The SMILES string of the molecule is C=CCNC(=O)/C(C#N)=C\c1cccc(Br)c1. The van der Waals surface area contributed by atoms with Crippen molar-refractivity contribution < 1.29 is 4.79 Å². The Bertz CT molecular complexity index is 500. The first-order valence-electron chi connectivity index (χ1n) is 4.94. The summed E-state index contributed by atoms with van der Waals surface area (Å²) in [6.45, 7) is 3.83. The number of rotatable bonds is 4. The van der Waals surface area contributed by atoms with Gasteiger partial charge in [0, 0.05) is 11.0 Å². The smallest absolute Gasteiger partial charge is 0.262 e. The maximum Gasteiger partial charge on any atom is 0.262 e. The second-order valence-electron chi connectivity index (χ2n) is 3.22. The van der Waals surface area contributed by atoms with E-state index in [0.717, 1.165) is 10.0 Å². The molecule has 1 N–H and O–H groups in total. The molecule has 0 heterocycles. The summed E-state index contributed by atoms with van der Waals surface area (Å²) in [6.07, 6.45) is 3.11. The zero-order valence-corrected chi connectivity index (χ0v) is 10.7. The normalized spacial score (nSPS) is 10.5. The number of nitriles is 1. The zero-order chi connectivity index (χ0) is 12.7. The largest absolute Gasteiger partial charge is 0.348 e. The molecule has 0 spiro atoms. The van der Waals surface area contributed by atoms with Crippen LogP contribution in [0, 0.1) is 11.3 Å². The lowest BCUT2D eigenvalue weighted by atomic mass is 10.1. The van der Waals surface area contributed by atoms with E-state index in [1.54, 1.807) is 12.2 Å². The Labute approximate surface area is 109 Å². The summed E-state index contributed by atoms with van der Waals surface area (Å²) in [6, 6.07) is 9.25. The molecule has 3 nitrogen and oxygen atoms in total. The fraction of sp³-hybridized carbons (Fsp3) is 0.0769. The van der Waals surface area contributed by atoms with E-state index in [1.807, 2.05) is 30.3 Å². The summed E-state index contributed by atoms with van der Waals surface area (Å²) in [4.78, 5) is 11.6. The molecular weight excluding hydrogens is 280 g/mol. The van der Waals surface area contributed by atoms with Crippen molar-refractivity contribution in [2.24, 2.45) is 0 Å². The Morgan fingerprint density at radius 2 is 2.35 bits per heavy atom. The first-order chi connectivity index (χ1) is 8.17. The maximum absolute atomic E-state index is 11.6. The third-order valence-electron chi connectivity index (χ3n) is 1.93. The molecule has 17 heavy (non-hydrogen) atoms. The molecule has 86 valence electrons. The number of amides is 1. The molecule has 0 aliphatic carbocycles. The number of nitrogens with zero attached hydrogens (tertiary/aromatic N) is 1. The highest BCUT2D eigenvalue weighted by atomic mass is 79.9. The summed E-state index contributed by atoms with van der Waals surface area (Å²) in [5, 5.41) is 11.5. The number of carbonyl (C=O) groups is 1. The van der Waals surface area contributed by atoms with E-state index >= 15 is 0 Å². The molecule has 1 amide bonds.